The molecule has 0 saturated heterocycles. The number of hydrogen-bond acceptors (Lipinski definition) is 6. The number of aliphatic hydroxyl groups is 1. The summed E-state index contributed by atoms with van der Waals surface area (Å²) < 4.78 is 16.2. The molecular weight excluding hydrogens is 326 g/mol. The van der Waals surface area contributed by atoms with Crippen LogP contribution in [0.4, 0.5) is 5.69 Å². The molecular formula is C18H27NO6. The number of carboxylic acids is 1. The van der Waals surface area contributed by atoms with Crippen molar-refractivity contribution in [2.75, 3.05) is 39.4 Å². The van der Waals surface area contributed by atoms with Gasteiger partial charge in [0.1, 0.15) is 0 Å². The lowest BCUT2D eigenvalue weighted by atomic mass is 9.93. The number of hydrogen-bond donors (Lipinski definition) is 2. The summed E-state index contributed by atoms with van der Waals surface area (Å²) in [6, 6.07) is 1.61. The molecule has 1 aliphatic carbocycles. The number of aliphatic hydroxyl groups excluding tert-OH is 1. The van der Waals surface area contributed by atoms with Gasteiger partial charge in [-0.1, -0.05) is 19.3 Å². The summed E-state index contributed by atoms with van der Waals surface area (Å²) in [5.41, 5.74) is 0.516. The highest BCUT2D eigenvalue weighted by Crippen LogP contribution is 2.48. The summed E-state index contributed by atoms with van der Waals surface area (Å²) in [5.74, 6) is -0.108. The number of benzene rings is 1. The minimum absolute atomic E-state index is 0.0763. The standard InChI is InChI=1S/C18H27NO6/c1-23-14-11-13(18(21)22)15(17(25-3)16(14)24-2)19(9-10-20)12-7-5-4-6-8-12/h11-12,20H,4-10H2,1-3H3,(H,21,22). The quantitative estimate of drug-likeness (QED) is 0.742. The van der Waals surface area contributed by atoms with Crippen molar-refractivity contribution in [2.24, 2.45) is 0 Å². The van der Waals surface area contributed by atoms with E-state index in [9.17, 15) is 15.0 Å². The van der Waals surface area contributed by atoms with Gasteiger partial charge in [-0.3, -0.25) is 0 Å². The van der Waals surface area contributed by atoms with Crippen LogP contribution >= 0.6 is 0 Å². The van der Waals surface area contributed by atoms with E-state index in [0.717, 1.165) is 25.7 Å². The van der Waals surface area contributed by atoms with Crippen LogP contribution in [0.2, 0.25) is 0 Å². The lowest BCUT2D eigenvalue weighted by molar-refractivity contribution is 0.0696. The molecule has 1 aliphatic rings. The van der Waals surface area contributed by atoms with Gasteiger partial charge in [0.2, 0.25) is 5.75 Å². The Hall–Kier alpha value is -2.15. The molecule has 7 heteroatoms. The monoisotopic (exact) mass is 353 g/mol. The maximum Gasteiger partial charge on any atom is 0.338 e. The van der Waals surface area contributed by atoms with E-state index in [4.69, 9.17) is 14.2 Å². The fraction of sp³-hybridized carbons (Fsp3) is 0.611. The van der Waals surface area contributed by atoms with Gasteiger partial charge in [-0.05, 0) is 12.8 Å². The second-order valence-corrected chi connectivity index (χ2v) is 6.06. The number of ether oxygens (including phenoxy) is 3. The molecule has 1 fully saturated rings. The third kappa shape index (κ3) is 3.92. The van der Waals surface area contributed by atoms with Gasteiger partial charge in [0.25, 0.3) is 0 Å². The van der Waals surface area contributed by atoms with Crippen LogP contribution in [0.25, 0.3) is 0 Å². The highest BCUT2D eigenvalue weighted by molar-refractivity contribution is 5.98. The van der Waals surface area contributed by atoms with Crippen molar-refractivity contribution in [3.05, 3.63) is 11.6 Å². The lowest BCUT2D eigenvalue weighted by Gasteiger charge is -2.37. The Balaban J connectivity index is 2.66. The van der Waals surface area contributed by atoms with E-state index in [-0.39, 0.29) is 18.2 Å². The van der Waals surface area contributed by atoms with Gasteiger partial charge in [0.15, 0.2) is 11.5 Å². The first-order chi connectivity index (χ1) is 12.1. The van der Waals surface area contributed by atoms with Crippen LogP contribution in [0.15, 0.2) is 6.07 Å². The Morgan fingerprint density at radius 2 is 1.76 bits per heavy atom. The van der Waals surface area contributed by atoms with Crippen LogP contribution in [0.3, 0.4) is 0 Å². The van der Waals surface area contributed by atoms with Crippen LogP contribution in [0.1, 0.15) is 42.5 Å². The molecule has 25 heavy (non-hydrogen) atoms. The maximum atomic E-state index is 11.9. The first kappa shape index (κ1) is 19.2. The Labute approximate surface area is 148 Å². The largest absolute Gasteiger partial charge is 0.493 e. The molecule has 1 aromatic rings. The number of nitrogens with zero attached hydrogens (tertiary/aromatic N) is 1. The average Bonchev–Trinajstić information content (AvgIpc) is 2.64. The molecule has 0 aromatic heterocycles. The lowest BCUT2D eigenvalue weighted by Crippen LogP contribution is -2.40. The number of anilines is 1. The topological polar surface area (TPSA) is 88.5 Å². The van der Waals surface area contributed by atoms with Gasteiger partial charge in [-0.2, -0.15) is 0 Å². The highest BCUT2D eigenvalue weighted by Gasteiger charge is 2.31. The van der Waals surface area contributed by atoms with E-state index in [2.05, 4.69) is 0 Å². The summed E-state index contributed by atoms with van der Waals surface area (Å²) in [6.07, 6.45) is 5.26. The molecule has 0 spiro atoms. The van der Waals surface area contributed by atoms with E-state index >= 15 is 0 Å². The van der Waals surface area contributed by atoms with Crippen LogP contribution in [-0.4, -0.2) is 56.7 Å². The SMILES string of the molecule is COc1cc(C(=O)O)c(N(CCO)C2CCCCC2)c(OC)c1OC. The molecule has 140 valence electrons. The Morgan fingerprint density at radius 1 is 1.12 bits per heavy atom. The van der Waals surface area contributed by atoms with Gasteiger partial charge in [-0.25, -0.2) is 4.79 Å². The Bertz CT molecular complexity index is 598. The summed E-state index contributed by atoms with van der Waals surface area (Å²) in [5, 5.41) is 19.3. The molecule has 7 nitrogen and oxygen atoms in total. The summed E-state index contributed by atoms with van der Waals surface area (Å²) in [7, 11) is 4.42. The second-order valence-electron chi connectivity index (χ2n) is 6.06. The average molecular weight is 353 g/mol. The van der Waals surface area contributed by atoms with Gasteiger partial charge >= 0.3 is 5.97 Å². The summed E-state index contributed by atoms with van der Waals surface area (Å²) >= 11 is 0. The molecule has 0 unspecified atom stereocenters. The van der Waals surface area contributed by atoms with Gasteiger partial charge in [-0.15, -0.1) is 0 Å². The van der Waals surface area contributed by atoms with Crippen LogP contribution < -0.4 is 19.1 Å². The number of carboxylic acid groups (broad SMARTS) is 1. The molecule has 1 saturated carbocycles. The van der Waals surface area contributed by atoms with Gasteiger partial charge in [0.05, 0.1) is 39.2 Å². The van der Waals surface area contributed by atoms with Gasteiger partial charge < -0.3 is 29.3 Å². The summed E-state index contributed by atoms with van der Waals surface area (Å²) in [4.78, 5) is 13.9. The van der Waals surface area contributed by atoms with E-state index in [1.165, 1.54) is 33.8 Å². The normalized spacial score (nSPS) is 14.9. The highest BCUT2D eigenvalue weighted by atomic mass is 16.5. The van der Waals surface area contributed by atoms with E-state index in [1.807, 2.05) is 4.90 Å². The minimum Gasteiger partial charge on any atom is -0.493 e. The van der Waals surface area contributed by atoms with Crippen LogP contribution in [0, 0.1) is 0 Å². The fourth-order valence-corrected chi connectivity index (χ4v) is 3.57. The van der Waals surface area contributed by atoms with Crippen LogP contribution in [0.5, 0.6) is 17.2 Å². The third-order valence-corrected chi connectivity index (χ3v) is 4.68. The molecule has 0 bridgehead atoms. The van der Waals surface area contributed by atoms with Crippen molar-refractivity contribution in [1.82, 2.24) is 0 Å². The molecule has 0 radical (unpaired) electrons. The predicted molar refractivity (Wildman–Crippen MR) is 94.4 cm³/mol. The molecule has 0 atom stereocenters. The molecule has 0 aliphatic heterocycles. The van der Waals surface area contributed by atoms with E-state index in [0.29, 0.717) is 29.5 Å². The number of aromatic carboxylic acids is 1. The fourth-order valence-electron chi connectivity index (χ4n) is 3.57. The zero-order valence-electron chi connectivity index (χ0n) is 15.1. The van der Waals surface area contributed by atoms with Crippen molar-refractivity contribution >= 4 is 11.7 Å². The zero-order valence-corrected chi connectivity index (χ0v) is 15.1. The molecule has 0 amide bonds. The molecule has 2 rings (SSSR count). The van der Waals surface area contributed by atoms with E-state index < -0.39 is 5.97 Å². The number of carbonyl (C=O) groups is 1. The van der Waals surface area contributed by atoms with Crippen molar-refractivity contribution in [2.45, 2.75) is 38.1 Å². The zero-order chi connectivity index (χ0) is 18.4. The maximum absolute atomic E-state index is 11.9. The van der Waals surface area contributed by atoms with E-state index in [1.54, 1.807) is 0 Å². The van der Waals surface area contributed by atoms with Crippen molar-refractivity contribution in [1.29, 1.82) is 0 Å². The third-order valence-electron chi connectivity index (χ3n) is 4.68. The Kier molecular flexibility index (Phi) is 6.75. The molecule has 2 N–H and O–H groups in total. The van der Waals surface area contributed by atoms with Crippen molar-refractivity contribution < 1.29 is 29.2 Å². The molecule has 1 aromatic carbocycles. The van der Waals surface area contributed by atoms with Gasteiger partial charge in [0, 0.05) is 18.7 Å². The Morgan fingerprint density at radius 3 is 2.24 bits per heavy atom. The minimum atomic E-state index is -1.08. The number of rotatable bonds is 8. The summed E-state index contributed by atoms with van der Waals surface area (Å²) in [6.45, 7) is 0.254. The second kappa shape index (κ2) is 8.80. The number of methoxy groups -OCH3 is 3. The first-order valence-corrected chi connectivity index (χ1v) is 8.52. The van der Waals surface area contributed by atoms with Crippen molar-refractivity contribution in [3.8, 4) is 17.2 Å². The predicted octanol–water partition coefficient (Wildman–Crippen LogP) is 2.54. The smallest absolute Gasteiger partial charge is 0.338 e. The van der Waals surface area contributed by atoms with Crippen molar-refractivity contribution in [3.63, 3.8) is 0 Å². The first-order valence-electron chi connectivity index (χ1n) is 8.52. The molecule has 0 heterocycles. The van der Waals surface area contributed by atoms with Crippen LogP contribution in [-0.2, 0) is 0 Å².